The predicted molar refractivity (Wildman–Crippen MR) is 289 cm³/mol. The number of aromatic nitrogens is 8. The SMILES string of the molecule is C#Cc1ccccn1.CC1Cc2nc3cc(Br)ccc3c(=O)n2CCN1.CC1Cc2nc3cc(Br)ccc3c(=O)n2CCN1C.CC1Cc2nc3cc(C#Cc4ccccn4)ccc3c(=O)n2CCN1C. The van der Waals surface area contributed by atoms with E-state index < -0.39 is 0 Å². The minimum atomic E-state index is 0.0386. The van der Waals surface area contributed by atoms with Crippen molar-refractivity contribution < 1.29 is 0 Å². The van der Waals surface area contributed by atoms with Crippen molar-refractivity contribution in [1.29, 1.82) is 0 Å². The first kappa shape index (κ1) is 50.7. The van der Waals surface area contributed by atoms with Crippen LogP contribution in [0.1, 0.15) is 55.2 Å². The van der Waals surface area contributed by atoms with Gasteiger partial charge in [0.25, 0.3) is 16.7 Å². The fourth-order valence-electron chi connectivity index (χ4n) is 8.57. The van der Waals surface area contributed by atoms with Crippen LogP contribution in [0.3, 0.4) is 0 Å². The molecule has 1 N–H and O–H groups in total. The highest BCUT2D eigenvalue weighted by atomic mass is 79.9. The molecule has 0 bridgehead atoms. The summed E-state index contributed by atoms with van der Waals surface area (Å²) in [6.45, 7) is 11.1. The van der Waals surface area contributed by atoms with Crippen LogP contribution >= 0.6 is 31.9 Å². The number of pyridine rings is 2. The second-order valence-electron chi connectivity index (χ2n) is 18.0. The van der Waals surface area contributed by atoms with Gasteiger partial charge in [0, 0.05) is 104 Å². The first-order valence-corrected chi connectivity index (χ1v) is 25.2. The molecule has 3 unspecified atom stereocenters. The molecule has 0 saturated heterocycles. The summed E-state index contributed by atoms with van der Waals surface area (Å²) in [5, 5.41) is 5.41. The van der Waals surface area contributed by atoms with Crippen LogP contribution in [0.4, 0.5) is 0 Å². The molecule has 0 saturated carbocycles. The van der Waals surface area contributed by atoms with Gasteiger partial charge in [-0.1, -0.05) is 55.8 Å². The number of benzene rings is 3. The van der Waals surface area contributed by atoms with E-state index >= 15 is 0 Å². The Kier molecular flexibility index (Phi) is 16.5. The van der Waals surface area contributed by atoms with Crippen LogP contribution in [-0.4, -0.2) is 100 Å². The van der Waals surface area contributed by atoms with Gasteiger partial charge in [-0.3, -0.25) is 28.1 Å². The first-order valence-electron chi connectivity index (χ1n) is 23.6. The van der Waals surface area contributed by atoms with Crippen molar-refractivity contribution >= 4 is 64.6 Å². The van der Waals surface area contributed by atoms with Gasteiger partial charge in [-0.05, 0) is 120 Å². The van der Waals surface area contributed by atoms with Gasteiger partial charge in [-0.2, -0.15) is 0 Å². The highest BCUT2D eigenvalue weighted by Gasteiger charge is 2.22. The van der Waals surface area contributed by atoms with Gasteiger partial charge in [0.1, 0.15) is 28.9 Å². The Balaban J connectivity index is 0.000000135. The summed E-state index contributed by atoms with van der Waals surface area (Å²) in [6.07, 6.45) is 10.8. The Morgan fingerprint density at radius 2 is 1.03 bits per heavy atom. The molecular weight excluding hydrogens is 1020 g/mol. The number of nitrogens with one attached hydrogen (secondary N) is 1. The average Bonchev–Trinajstić information content (AvgIpc) is 3.72. The Morgan fingerprint density at radius 1 is 0.563 bits per heavy atom. The Hall–Kier alpha value is -6.66. The van der Waals surface area contributed by atoms with Crippen LogP contribution in [0, 0.1) is 24.2 Å². The minimum absolute atomic E-state index is 0.0386. The number of fused-ring (bicyclic) bond motifs is 6. The van der Waals surface area contributed by atoms with E-state index in [0.717, 1.165) is 87.6 Å². The number of halogens is 2. The largest absolute Gasteiger partial charge is 0.312 e. The highest BCUT2D eigenvalue weighted by Crippen LogP contribution is 2.20. The molecule has 14 nitrogen and oxygen atoms in total. The summed E-state index contributed by atoms with van der Waals surface area (Å²) in [7, 11) is 4.19. The lowest BCUT2D eigenvalue weighted by Crippen LogP contribution is -2.30. The maximum Gasteiger partial charge on any atom is 0.261 e. The summed E-state index contributed by atoms with van der Waals surface area (Å²) in [5.41, 5.74) is 4.69. The van der Waals surface area contributed by atoms with Crippen molar-refractivity contribution in [2.24, 2.45) is 0 Å². The van der Waals surface area contributed by atoms with Crippen molar-refractivity contribution in [2.75, 3.05) is 33.7 Å². The van der Waals surface area contributed by atoms with Crippen LogP contribution in [0.5, 0.6) is 0 Å². The molecule has 3 aliphatic heterocycles. The number of hydrogen-bond acceptors (Lipinski definition) is 11. The van der Waals surface area contributed by atoms with E-state index in [4.69, 9.17) is 11.4 Å². The van der Waals surface area contributed by atoms with Crippen molar-refractivity contribution in [2.45, 2.75) is 77.8 Å². The summed E-state index contributed by atoms with van der Waals surface area (Å²) in [5.74, 6) is 11.2. The van der Waals surface area contributed by atoms with Gasteiger partial charge in [-0.25, -0.2) is 24.9 Å². The fraction of sp³-hybridized carbons (Fsp3) is 0.309. The Labute approximate surface area is 429 Å². The van der Waals surface area contributed by atoms with E-state index in [-0.39, 0.29) is 16.7 Å². The molecule has 0 amide bonds. The van der Waals surface area contributed by atoms with E-state index in [0.29, 0.717) is 65.1 Å². The number of hydrogen-bond donors (Lipinski definition) is 1. The van der Waals surface area contributed by atoms with Crippen molar-refractivity contribution in [3.05, 3.63) is 178 Å². The second-order valence-corrected chi connectivity index (χ2v) is 19.8. The molecule has 3 aliphatic rings. The monoisotopic (exact) mass is 1080 g/mol. The molecular formula is C55H55Br2N11O3. The van der Waals surface area contributed by atoms with Gasteiger partial charge in [0.2, 0.25) is 0 Å². The summed E-state index contributed by atoms with van der Waals surface area (Å²) in [6, 6.07) is 29.1. The number of likely N-dealkylation sites (N-methyl/N-ethyl adjacent to an activating group) is 2. The van der Waals surface area contributed by atoms with Crippen LogP contribution in [0.2, 0.25) is 0 Å². The second kappa shape index (κ2) is 23.1. The van der Waals surface area contributed by atoms with Crippen LogP contribution < -0.4 is 22.0 Å². The quantitative estimate of drug-likeness (QED) is 0.159. The lowest BCUT2D eigenvalue weighted by Gasteiger charge is -2.20. The normalized spacial score (nSPS) is 17.6. The zero-order valence-corrected chi connectivity index (χ0v) is 43.6. The molecule has 3 atom stereocenters. The van der Waals surface area contributed by atoms with Gasteiger partial charge in [0.15, 0.2) is 0 Å². The first-order chi connectivity index (χ1) is 34.3. The fourth-order valence-corrected chi connectivity index (χ4v) is 9.27. The van der Waals surface area contributed by atoms with E-state index in [1.165, 1.54) is 0 Å². The molecule has 5 aromatic heterocycles. The molecule has 0 spiro atoms. The van der Waals surface area contributed by atoms with Gasteiger partial charge >= 0.3 is 0 Å². The lowest BCUT2D eigenvalue weighted by molar-refractivity contribution is 0.262. The molecule has 3 aromatic carbocycles. The molecule has 11 rings (SSSR count). The Morgan fingerprint density at radius 3 is 1.51 bits per heavy atom. The van der Waals surface area contributed by atoms with Gasteiger partial charge < -0.3 is 15.1 Å². The molecule has 8 aromatic rings. The number of terminal acetylenes is 1. The number of rotatable bonds is 0. The van der Waals surface area contributed by atoms with Crippen LogP contribution in [0.15, 0.2) is 127 Å². The van der Waals surface area contributed by atoms with Crippen molar-refractivity contribution in [1.82, 2.24) is 53.7 Å². The minimum Gasteiger partial charge on any atom is -0.312 e. The zero-order valence-electron chi connectivity index (χ0n) is 40.4. The van der Waals surface area contributed by atoms with Gasteiger partial charge in [0.05, 0.1) is 32.7 Å². The molecule has 0 radical (unpaired) electrons. The molecule has 0 fully saturated rings. The smallest absolute Gasteiger partial charge is 0.261 e. The molecule has 362 valence electrons. The van der Waals surface area contributed by atoms with Gasteiger partial charge in [-0.15, -0.1) is 6.42 Å². The summed E-state index contributed by atoms with van der Waals surface area (Å²) in [4.78, 5) is 64.6. The average molecular weight is 1080 g/mol. The van der Waals surface area contributed by atoms with Crippen LogP contribution in [0.25, 0.3) is 32.7 Å². The van der Waals surface area contributed by atoms with E-state index in [9.17, 15) is 14.4 Å². The Bertz CT molecular complexity index is 3510. The number of nitrogens with zero attached hydrogens (tertiary/aromatic N) is 10. The summed E-state index contributed by atoms with van der Waals surface area (Å²) < 4.78 is 7.35. The standard InChI is InChI=1S/C21H20N4O.C14H16BrN3O.C13H14BrN3O.C7H5N/c1-15-13-20-23-19-14-16(6-8-17-5-3-4-10-22-17)7-9-18(19)21(26)25(20)12-11-24(15)2;1-9-7-13-16-12-8-10(15)3-4-11(12)14(19)18(13)6-5-17(9)2;1-8-6-12-16-11-7-9(14)2-3-10(11)13(18)17(12)5-4-15-8;1-2-7-5-3-4-6-8-7/h3-5,7,9-10,14-15H,11-13H2,1-2H3;3-4,8-9H,5-7H2,1-2H3;2-3,7-8,15H,4-6H2,1H3;1,3-6H. The van der Waals surface area contributed by atoms with E-state index in [1.54, 1.807) is 23.0 Å². The maximum atomic E-state index is 12.9. The predicted octanol–water partition coefficient (Wildman–Crippen LogP) is 6.86. The molecule has 0 aliphatic carbocycles. The van der Waals surface area contributed by atoms with Crippen molar-refractivity contribution in [3.63, 3.8) is 0 Å². The third-order valence-corrected chi connectivity index (χ3v) is 14.0. The van der Waals surface area contributed by atoms with Crippen LogP contribution in [-0.2, 0) is 38.9 Å². The third-order valence-electron chi connectivity index (χ3n) is 13.0. The summed E-state index contributed by atoms with van der Waals surface area (Å²) >= 11 is 6.85. The molecule has 8 heterocycles. The van der Waals surface area contributed by atoms with E-state index in [1.807, 2.05) is 94.1 Å². The van der Waals surface area contributed by atoms with E-state index in [2.05, 4.69) is 120 Å². The zero-order chi connectivity index (χ0) is 50.2. The molecule has 16 heteroatoms. The maximum absolute atomic E-state index is 12.9. The molecule has 71 heavy (non-hydrogen) atoms. The lowest BCUT2D eigenvalue weighted by atomic mass is 10.1. The topological polar surface area (TPSA) is 149 Å². The highest BCUT2D eigenvalue weighted by molar-refractivity contribution is 9.10. The van der Waals surface area contributed by atoms with Crippen molar-refractivity contribution in [3.8, 4) is 24.2 Å². The third kappa shape index (κ3) is 12.3.